The maximum atomic E-state index is 13.0. The molecule has 2 atom stereocenters. The Morgan fingerprint density at radius 2 is 2.00 bits per heavy atom. The van der Waals surface area contributed by atoms with Crippen molar-refractivity contribution in [3.05, 3.63) is 59.9 Å². The van der Waals surface area contributed by atoms with Gasteiger partial charge in [0.05, 0.1) is 17.5 Å². The van der Waals surface area contributed by atoms with Crippen molar-refractivity contribution >= 4 is 29.3 Å². The van der Waals surface area contributed by atoms with Crippen LogP contribution in [0.15, 0.2) is 48.5 Å². The second kappa shape index (κ2) is 8.90. The van der Waals surface area contributed by atoms with E-state index in [0.29, 0.717) is 30.2 Å². The fourth-order valence-electron chi connectivity index (χ4n) is 2.79. The summed E-state index contributed by atoms with van der Waals surface area (Å²) in [6.45, 7) is 2.37. The molecule has 0 aliphatic carbocycles. The molecule has 0 saturated carbocycles. The highest BCUT2D eigenvalue weighted by Gasteiger charge is 2.32. The zero-order chi connectivity index (χ0) is 19.2. The van der Waals surface area contributed by atoms with E-state index in [4.69, 9.17) is 4.74 Å². The van der Waals surface area contributed by atoms with Gasteiger partial charge in [0.15, 0.2) is 0 Å². The van der Waals surface area contributed by atoms with E-state index < -0.39 is 6.04 Å². The average molecular weight is 388 g/mol. The highest BCUT2D eigenvalue weighted by molar-refractivity contribution is 8.00. The zero-order valence-electron chi connectivity index (χ0n) is 14.9. The van der Waals surface area contributed by atoms with Crippen molar-refractivity contribution < 1.29 is 18.7 Å². The molecule has 2 amide bonds. The molecule has 0 radical (unpaired) electrons. The highest BCUT2D eigenvalue weighted by atomic mass is 32.2. The van der Waals surface area contributed by atoms with E-state index in [1.165, 1.54) is 23.9 Å². The topological polar surface area (TPSA) is 67.4 Å². The highest BCUT2D eigenvalue weighted by Crippen LogP contribution is 2.26. The molecular formula is C20H21FN2O3S. The maximum absolute atomic E-state index is 13.0. The molecule has 0 aromatic heterocycles. The smallest absolute Gasteiger partial charge is 0.247 e. The number of carbonyl (C=O) groups is 2. The Labute approximate surface area is 161 Å². The Bertz CT molecular complexity index is 813. The van der Waals surface area contributed by atoms with Crippen LogP contribution in [0.4, 0.5) is 10.1 Å². The summed E-state index contributed by atoms with van der Waals surface area (Å²) in [6.07, 6.45) is 0.498. The van der Waals surface area contributed by atoms with Crippen molar-refractivity contribution in [2.45, 2.75) is 24.6 Å². The molecule has 1 heterocycles. The minimum Gasteiger partial charge on any atom is -0.492 e. The monoisotopic (exact) mass is 388 g/mol. The average Bonchev–Trinajstić information content (AvgIpc) is 2.67. The molecule has 0 spiro atoms. The number of halogens is 1. The van der Waals surface area contributed by atoms with Crippen LogP contribution in [0.3, 0.4) is 0 Å². The van der Waals surface area contributed by atoms with Crippen LogP contribution in [0.2, 0.25) is 0 Å². The van der Waals surface area contributed by atoms with Crippen LogP contribution in [-0.2, 0) is 16.0 Å². The third-order valence-electron chi connectivity index (χ3n) is 4.17. The largest absolute Gasteiger partial charge is 0.492 e. The first-order valence-electron chi connectivity index (χ1n) is 8.76. The Morgan fingerprint density at radius 1 is 1.26 bits per heavy atom. The minimum atomic E-state index is -0.610. The van der Waals surface area contributed by atoms with E-state index >= 15 is 0 Å². The van der Waals surface area contributed by atoms with Crippen molar-refractivity contribution in [3.63, 3.8) is 0 Å². The van der Waals surface area contributed by atoms with Gasteiger partial charge in [0.2, 0.25) is 11.8 Å². The third kappa shape index (κ3) is 5.01. The second-order valence-corrected chi connectivity index (χ2v) is 7.37. The van der Waals surface area contributed by atoms with Gasteiger partial charge in [-0.05, 0) is 43.2 Å². The van der Waals surface area contributed by atoms with E-state index in [2.05, 4.69) is 10.6 Å². The van der Waals surface area contributed by atoms with E-state index in [-0.39, 0.29) is 22.9 Å². The number of rotatable bonds is 6. The molecule has 142 valence electrons. The molecule has 2 aromatic carbocycles. The summed E-state index contributed by atoms with van der Waals surface area (Å²) in [5.74, 6) is 0.304. The minimum absolute atomic E-state index is 0.186. The van der Waals surface area contributed by atoms with Crippen LogP contribution in [0.25, 0.3) is 0 Å². The Balaban J connectivity index is 1.58. The fraction of sp³-hybridized carbons (Fsp3) is 0.300. The van der Waals surface area contributed by atoms with Crippen LogP contribution < -0.4 is 15.4 Å². The number of benzene rings is 2. The quantitative estimate of drug-likeness (QED) is 0.798. The van der Waals surface area contributed by atoms with Gasteiger partial charge in [-0.25, -0.2) is 4.39 Å². The van der Waals surface area contributed by atoms with Gasteiger partial charge in [0, 0.05) is 5.75 Å². The number of anilines is 1. The van der Waals surface area contributed by atoms with Gasteiger partial charge >= 0.3 is 0 Å². The molecule has 1 fully saturated rings. The van der Waals surface area contributed by atoms with Crippen LogP contribution in [0, 0.1) is 5.82 Å². The number of thioether (sulfide) groups is 1. The van der Waals surface area contributed by atoms with Crippen molar-refractivity contribution in [1.82, 2.24) is 5.32 Å². The first kappa shape index (κ1) is 19.2. The number of hydrogen-bond donors (Lipinski definition) is 2. The van der Waals surface area contributed by atoms with Crippen molar-refractivity contribution in [2.24, 2.45) is 0 Å². The Hall–Kier alpha value is -2.54. The molecule has 5 nitrogen and oxygen atoms in total. The summed E-state index contributed by atoms with van der Waals surface area (Å²) in [5.41, 5.74) is 1.47. The molecule has 2 aromatic rings. The zero-order valence-corrected chi connectivity index (χ0v) is 15.7. The lowest BCUT2D eigenvalue weighted by molar-refractivity contribution is -0.126. The van der Waals surface area contributed by atoms with E-state index in [1.54, 1.807) is 24.3 Å². The summed E-state index contributed by atoms with van der Waals surface area (Å²) in [5, 5.41) is 5.31. The Morgan fingerprint density at radius 3 is 2.70 bits per heavy atom. The molecule has 0 bridgehead atoms. The number of amides is 2. The number of para-hydroxylation sites is 2. The van der Waals surface area contributed by atoms with Crippen molar-refractivity contribution in [3.8, 4) is 5.75 Å². The molecule has 3 rings (SSSR count). The number of hydrogen-bond acceptors (Lipinski definition) is 4. The van der Waals surface area contributed by atoms with Gasteiger partial charge in [0.1, 0.15) is 17.6 Å². The standard InChI is InChI=1S/C20H21FN2O3S/c1-2-26-17-6-4-3-5-15(17)22-19(24)16-12-27-18(20(25)23-16)11-13-7-9-14(21)10-8-13/h3-10,16,18H,2,11-12H2,1H3,(H,22,24)(H,23,25). The van der Waals surface area contributed by atoms with Crippen LogP contribution in [0.5, 0.6) is 5.75 Å². The first-order chi connectivity index (χ1) is 13.1. The van der Waals surface area contributed by atoms with Gasteiger partial charge in [-0.2, -0.15) is 0 Å². The summed E-state index contributed by atoms with van der Waals surface area (Å²) >= 11 is 1.43. The van der Waals surface area contributed by atoms with E-state index in [0.717, 1.165) is 5.56 Å². The molecule has 27 heavy (non-hydrogen) atoms. The van der Waals surface area contributed by atoms with Gasteiger partial charge in [0.25, 0.3) is 0 Å². The van der Waals surface area contributed by atoms with Gasteiger partial charge in [-0.1, -0.05) is 24.3 Å². The van der Waals surface area contributed by atoms with E-state index in [9.17, 15) is 14.0 Å². The second-order valence-electron chi connectivity index (χ2n) is 6.13. The van der Waals surface area contributed by atoms with Gasteiger partial charge in [-0.15, -0.1) is 11.8 Å². The summed E-state index contributed by atoms with van der Waals surface area (Å²) in [7, 11) is 0. The molecule has 1 saturated heterocycles. The van der Waals surface area contributed by atoms with Crippen LogP contribution in [0.1, 0.15) is 12.5 Å². The lowest BCUT2D eigenvalue weighted by Crippen LogP contribution is -2.52. The fourth-order valence-corrected chi connectivity index (χ4v) is 3.98. The SMILES string of the molecule is CCOc1ccccc1NC(=O)C1CSC(Cc2ccc(F)cc2)C(=O)N1. The number of nitrogens with one attached hydrogen (secondary N) is 2. The summed E-state index contributed by atoms with van der Waals surface area (Å²) in [6, 6.07) is 12.7. The Kier molecular flexibility index (Phi) is 6.34. The summed E-state index contributed by atoms with van der Waals surface area (Å²) < 4.78 is 18.5. The number of carbonyl (C=O) groups excluding carboxylic acids is 2. The molecule has 7 heteroatoms. The molecule has 2 unspecified atom stereocenters. The lowest BCUT2D eigenvalue weighted by atomic mass is 10.1. The van der Waals surface area contributed by atoms with E-state index in [1.807, 2.05) is 19.1 Å². The maximum Gasteiger partial charge on any atom is 0.247 e. The molecule has 1 aliphatic heterocycles. The first-order valence-corrected chi connectivity index (χ1v) is 9.81. The molecule has 1 aliphatic rings. The van der Waals surface area contributed by atoms with Crippen molar-refractivity contribution in [2.75, 3.05) is 17.7 Å². The summed E-state index contributed by atoms with van der Waals surface area (Å²) in [4.78, 5) is 24.9. The predicted octanol–water partition coefficient (Wildman–Crippen LogP) is 3.01. The van der Waals surface area contributed by atoms with Crippen LogP contribution >= 0.6 is 11.8 Å². The third-order valence-corrected chi connectivity index (χ3v) is 5.48. The normalized spacial score (nSPS) is 19.3. The van der Waals surface area contributed by atoms with Crippen LogP contribution in [-0.4, -0.2) is 35.5 Å². The molecular weight excluding hydrogens is 367 g/mol. The lowest BCUT2D eigenvalue weighted by Gasteiger charge is -2.28. The van der Waals surface area contributed by atoms with Gasteiger partial charge in [-0.3, -0.25) is 9.59 Å². The molecule has 2 N–H and O–H groups in total. The number of ether oxygens (including phenoxy) is 1. The van der Waals surface area contributed by atoms with Gasteiger partial charge < -0.3 is 15.4 Å². The predicted molar refractivity (Wildman–Crippen MR) is 105 cm³/mol. The van der Waals surface area contributed by atoms with Crippen molar-refractivity contribution in [1.29, 1.82) is 0 Å².